The summed E-state index contributed by atoms with van der Waals surface area (Å²) in [7, 11) is 0. The quantitative estimate of drug-likeness (QED) is 0.898. The summed E-state index contributed by atoms with van der Waals surface area (Å²) in [5.74, 6) is -0.143. The second-order valence-electron chi connectivity index (χ2n) is 4.96. The van der Waals surface area contributed by atoms with Gasteiger partial charge in [-0.3, -0.25) is 0 Å². The van der Waals surface area contributed by atoms with E-state index in [-0.39, 0.29) is 17.1 Å². The maximum atomic E-state index is 14.0. The van der Waals surface area contributed by atoms with Crippen molar-refractivity contribution in [3.05, 3.63) is 35.6 Å². The van der Waals surface area contributed by atoms with Crippen molar-refractivity contribution in [1.82, 2.24) is 0 Å². The molecular formula is C15H22FNOS. The molecule has 1 aliphatic rings. The van der Waals surface area contributed by atoms with Gasteiger partial charge in [-0.1, -0.05) is 25.1 Å². The molecule has 1 aromatic rings. The Kier molecular flexibility index (Phi) is 5.67. The lowest BCUT2D eigenvalue weighted by molar-refractivity contribution is 0.0999. The molecule has 0 saturated carbocycles. The minimum absolute atomic E-state index is 0.00950. The van der Waals surface area contributed by atoms with Crippen molar-refractivity contribution in [3.63, 3.8) is 0 Å². The van der Waals surface area contributed by atoms with Gasteiger partial charge in [0.2, 0.25) is 0 Å². The third-order valence-corrected chi connectivity index (χ3v) is 5.33. The molecule has 4 heteroatoms. The van der Waals surface area contributed by atoms with Gasteiger partial charge in [0, 0.05) is 35.3 Å². The summed E-state index contributed by atoms with van der Waals surface area (Å²) in [6, 6.07) is 6.99. The fraction of sp³-hybridized carbons (Fsp3) is 0.600. The van der Waals surface area contributed by atoms with Crippen molar-refractivity contribution >= 4 is 11.8 Å². The molecule has 1 aliphatic heterocycles. The summed E-state index contributed by atoms with van der Waals surface area (Å²) in [6.07, 6.45) is 2.92. The van der Waals surface area contributed by atoms with Crippen molar-refractivity contribution in [2.75, 3.05) is 13.2 Å². The van der Waals surface area contributed by atoms with E-state index < -0.39 is 0 Å². The van der Waals surface area contributed by atoms with Gasteiger partial charge in [0.05, 0.1) is 0 Å². The number of halogens is 1. The van der Waals surface area contributed by atoms with E-state index in [9.17, 15) is 4.39 Å². The van der Waals surface area contributed by atoms with Crippen LogP contribution in [0.15, 0.2) is 24.3 Å². The number of hydrogen-bond donors (Lipinski definition) is 1. The van der Waals surface area contributed by atoms with E-state index in [1.54, 1.807) is 6.07 Å². The van der Waals surface area contributed by atoms with E-state index in [1.165, 1.54) is 6.07 Å². The molecule has 0 radical (unpaired) electrons. The predicted octanol–water partition coefficient (Wildman–Crippen LogP) is 3.52. The normalized spacial score (nSPS) is 20.2. The zero-order chi connectivity index (χ0) is 13.7. The summed E-state index contributed by atoms with van der Waals surface area (Å²) in [5.41, 5.74) is 6.96. The lowest BCUT2D eigenvalue weighted by atomic mass is 10.0. The number of benzene rings is 1. The van der Waals surface area contributed by atoms with Crippen LogP contribution in [0.5, 0.6) is 0 Å². The largest absolute Gasteiger partial charge is 0.381 e. The molecule has 2 atom stereocenters. The molecule has 1 saturated heterocycles. The topological polar surface area (TPSA) is 35.2 Å². The third-order valence-electron chi connectivity index (χ3n) is 3.58. The second kappa shape index (κ2) is 7.27. The Labute approximate surface area is 118 Å². The molecule has 2 unspecified atom stereocenters. The van der Waals surface area contributed by atoms with E-state index in [1.807, 2.05) is 23.9 Å². The van der Waals surface area contributed by atoms with Gasteiger partial charge in [0.1, 0.15) is 5.82 Å². The number of hydrogen-bond acceptors (Lipinski definition) is 3. The molecule has 2 N–H and O–H groups in total. The van der Waals surface area contributed by atoms with Crippen molar-refractivity contribution < 1.29 is 9.13 Å². The highest BCUT2D eigenvalue weighted by atomic mass is 32.2. The van der Waals surface area contributed by atoms with E-state index >= 15 is 0 Å². The smallest absolute Gasteiger partial charge is 0.127 e. The number of nitrogens with two attached hydrogens (primary N) is 1. The van der Waals surface area contributed by atoms with Crippen molar-refractivity contribution in [3.8, 4) is 0 Å². The SMILES string of the molecule is CCC(N)C(SC1CCOCC1)c1ccccc1F. The predicted molar refractivity (Wildman–Crippen MR) is 78.8 cm³/mol. The highest BCUT2D eigenvalue weighted by Gasteiger charge is 2.26. The summed E-state index contributed by atoms with van der Waals surface area (Å²) in [5, 5.41) is 0.560. The monoisotopic (exact) mass is 283 g/mol. The Morgan fingerprint density at radius 1 is 1.37 bits per heavy atom. The number of thioether (sulfide) groups is 1. The minimum Gasteiger partial charge on any atom is -0.381 e. The van der Waals surface area contributed by atoms with E-state index in [0.29, 0.717) is 5.25 Å². The molecule has 0 amide bonds. The van der Waals surface area contributed by atoms with E-state index in [2.05, 4.69) is 6.92 Å². The fourth-order valence-corrected chi connectivity index (χ4v) is 3.96. The van der Waals surface area contributed by atoms with Crippen LogP contribution < -0.4 is 5.73 Å². The van der Waals surface area contributed by atoms with Crippen LogP contribution in [0.2, 0.25) is 0 Å². The summed E-state index contributed by atoms with van der Waals surface area (Å²) >= 11 is 1.82. The highest BCUT2D eigenvalue weighted by Crippen LogP contribution is 2.39. The van der Waals surface area contributed by atoms with Crippen LogP contribution in [0, 0.1) is 5.82 Å². The van der Waals surface area contributed by atoms with Crippen molar-refractivity contribution in [2.24, 2.45) is 5.73 Å². The van der Waals surface area contributed by atoms with Crippen LogP contribution in [-0.2, 0) is 4.74 Å². The van der Waals surface area contributed by atoms with Gasteiger partial charge >= 0.3 is 0 Å². The van der Waals surface area contributed by atoms with E-state index in [4.69, 9.17) is 10.5 Å². The molecule has 0 aliphatic carbocycles. The molecule has 1 aromatic carbocycles. The van der Waals surface area contributed by atoms with Gasteiger partial charge in [-0.25, -0.2) is 4.39 Å². The lowest BCUT2D eigenvalue weighted by Gasteiger charge is -2.30. The molecule has 2 rings (SSSR count). The molecule has 0 bridgehead atoms. The zero-order valence-corrected chi connectivity index (χ0v) is 12.2. The van der Waals surface area contributed by atoms with Crippen LogP contribution in [0.4, 0.5) is 4.39 Å². The number of ether oxygens (including phenoxy) is 1. The average Bonchev–Trinajstić information content (AvgIpc) is 2.46. The molecule has 2 nitrogen and oxygen atoms in total. The standard InChI is InChI=1S/C15H22FNOS/c1-2-14(17)15(12-5-3-4-6-13(12)16)19-11-7-9-18-10-8-11/h3-6,11,14-15H,2,7-10,17H2,1H3. The first-order chi connectivity index (χ1) is 9.22. The van der Waals surface area contributed by atoms with Gasteiger partial charge in [-0.2, -0.15) is 0 Å². The van der Waals surface area contributed by atoms with Crippen molar-refractivity contribution in [2.45, 2.75) is 42.7 Å². The van der Waals surface area contributed by atoms with Crippen LogP contribution in [0.1, 0.15) is 37.0 Å². The van der Waals surface area contributed by atoms with Crippen LogP contribution >= 0.6 is 11.8 Å². The summed E-state index contributed by atoms with van der Waals surface area (Å²) < 4.78 is 19.4. The highest BCUT2D eigenvalue weighted by molar-refractivity contribution is 8.00. The van der Waals surface area contributed by atoms with Gasteiger partial charge < -0.3 is 10.5 Å². The molecule has 0 aromatic heterocycles. The second-order valence-corrected chi connectivity index (χ2v) is 6.41. The molecule has 19 heavy (non-hydrogen) atoms. The maximum absolute atomic E-state index is 14.0. The molecule has 1 heterocycles. The van der Waals surface area contributed by atoms with Crippen molar-refractivity contribution in [1.29, 1.82) is 0 Å². The Bertz CT molecular complexity index is 395. The molecular weight excluding hydrogens is 261 g/mol. The summed E-state index contributed by atoms with van der Waals surface area (Å²) in [6.45, 7) is 3.68. The molecule has 0 spiro atoms. The Balaban J connectivity index is 2.13. The molecule has 106 valence electrons. The Morgan fingerprint density at radius 2 is 2.05 bits per heavy atom. The average molecular weight is 283 g/mol. The van der Waals surface area contributed by atoms with Crippen LogP contribution in [0.3, 0.4) is 0 Å². The van der Waals surface area contributed by atoms with Gasteiger partial charge in [0.25, 0.3) is 0 Å². The first-order valence-electron chi connectivity index (χ1n) is 6.95. The van der Waals surface area contributed by atoms with Crippen LogP contribution in [0.25, 0.3) is 0 Å². The van der Waals surface area contributed by atoms with Crippen LogP contribution in [-0.4, -0.2) is 24.5 Å². The van der Waals surface area contributed by atoms with Gasteiger partial charge in [-0.15, -0.1) is 11.8 Å². The maximum Gasteiger partial charge on any atom is 0.127 e. The first kappa shape index (κ1) is 14.8. The number of rotatable bonds is 5. The third kappa shape index (κ3) is 3.94. The minimum atomic E-state index is -0.143. The summed E-state index contributed by atoms with van der Waals surface area (Å²) in [4.78, 5) is 0. The lowest BCUT2D eigenvalue weighted by Crippen LogP contribution is -2.29. The van der Waals surface area contributed by atoms with Gasteiger partial charge in [-0.05, 0) is 25.3 Å². The molecule has 1 fully saturated rings. The zero-order valence-electron chi connectivity index (χ0n) is 11.3. The fourth-order valence-electron chi connectivity index (χ4n) is 2.34. The Hall–Kier alpha value is -0.580. The first-order valence-corrected chi connectivity index (χ1v) is 7.90. The Morgan fingerprint density at radius 3 is 2.68 bits per heavy atom. The van der Waals surface area contributed by atoms with Gasteiger partial charge in [0.15, 0.2) is 0 Å². The van der Waals surface area contributed by atoms with E-state index in [0.717, 1.165) is 38.0 Å².